The zero-order chi connectivity index (χ0) is 32.1. The molecular formula is C28H36Cl2N12O4. The van der Waals surface area contributed by atoms with Gasteiger partial charge in [-0.3, -0.25) is 24.6 Å². The fraction of sp³-hybridized carbons (Fsp3) is 0.214. The monoisotopic (exact) mass is 674 g/mol. The zero-order valence-electron chi connectivity index (χ0n) is 25.5. The molecule has 4 aromatic rings. The molecule has 4 amide bonds. The fourth-order valence-corrected chi connectivity index (χ4v) is 4.49. The second kappa shape index (κ2) is 15.5. The van der Waals surface area contributed by atoms with Crippen LogP contribution in [0.1, 0.15) is 48.4 Å². The maximum absolute atomic E-state index is 13.1. The van der Waals surface area contributed by atoms with Gasteiger partial charge in [0.15, 0.2) is 0 Å². The number of nitrogens with zero attached hydrogens (tertiary/aromatic N) is 5. The minimum Gasteiger partial charge on any atom is -0.390 e. The van der Waals surface area contributed by atoms with Gasteiger partial charge in [-0.05, 0) is 24.3 Å². The van der Waals surface area contributed by atoms with Crippen molar-refractivity contribution in [1.82, 2.24) is 23.6 Å². The Hall–Kier alpha value is -5.48. The van der Waals surface area contributed by atoms with Gasteiger partial charge in [-0.15, -0.1) is 24.8 Å². The molecule has 4 aromatic heterocycles. The summed E-state index contributed by atoms with van der Waals surface area (Å²) < 4.78 is 6.31. The summed E-state index contributed by atoms with van der Waals surface area (Å²) >= 11 is 0. The fourth-order valence-electron chi connectivity index (χ4n) is 4.49. The molecule has 0 radical (unpaired) electrons. The summed E-state index contributed by atoms with van der Waals surface area (Å²) in [6.07, 6.45) is 7.83. The Morgan fingerprint density at radius 2 is 1.07 bits per heavy atom. The second-order valence-electron chi connectivity index (χ2n) is 10.0. The second-order valence-corrected chi connectivity index (χ2v) is 10.0. The molecule has 18 heteroatoms. The van der Waals surface area contributed by atoms with Crippen LogP contribution >= 0.6 is 24.8 Å². The number of aromatic nitrogens is 4. The minimum atomic E-state index is -0.452. The van der Waals surface area contributed by atoms with Crippen molar-refractivity contribution in [1.29, 1.82) is 5.41 Å². The number of amidine groups is 1. The van der Waals surface area contributed by atoms with Crippen molar-refractivity contribution in [2.24, 2.45) is 44.7 Å². The van der Waals surface area contributed by atoms with E-state index in [-0.39, 0.29) is 66.8 Å². The molecule has 0 saturated carbocycles. The third-order valence-corrected chi connectivity index (χ3v) is 6.61. The molecule has 0 aliphatic heterocycles. The van der Waals surface area contributed by atoms with Crippen molar-refractivity contribution in [2.45, 2.75) is 6.42 Å². The van der Waals surface area contributed by atoms with Crippen LogP contribution in [0, 0.1) is 5.41 Å². The minimum absolute atomic E-state index is 0. The van der Waals surface area contributed by atoms with Crippen LogP contribution in [0.15, 0.2) is 54.0 Å². The summed E-state index contributed by atoms with van der Waals surface area (Å²) in [5.74, 6) is -1.69. The largest absolute Gasteiger partial charge is 0.390 e. The Labute approximate surface area is 276 Å². The number of rotatable bonds is 11. The van der Waals surface area contributed by atoms with Gasteiger partial charge >= 0.3 is 0 Å². The number of halogens is 2. The van der Waals surface area contributed by atoms with Crippen LogP contribution in [0.5, 0.6) is 0 Å². The number of carbonyl (C=O) groups excluding carboxylic acids is 4. The summed E-state index contributed by atoms with van der Waals surface area (Å²) in [7, 11) is 6.71. The van der Waals surface area contributed by atoms with E-state index in [0.717, 1.165) is 6.34 Å². The first-order valence-electron chi connectivity index (χ1n) is 13.3. The smallest absolute Gasteiger partial charge is 0.272 e. The maximum atomic E-state index is 13.1. The van der Waals surface area contributed by atoms with Gasteiger partial charge < -0.3 is 51.0 Å². The van der Waals surface area contributed by atoms with Crippen molar-refractivity contribution in [3.05, 3.63) is 71.8 Å². The number of aryl methyl sites for hydroxylation is 4. The SMILES string of the molecule is Cl.Cl.Cn1cc(NC(=O)c2cc(NC(=O)c3cc(NC(=O)c4cc(N=CN)cn4C)cn3C)cn2C)cc1C(=O)NCCC(=N)N. The number of nitrogens with two attached hydrogens (primary N) is 2. The maximum Gasteiger partial charge on any atom is 0.272 e. The van der Waals surface area contributed by atoms with Gasteiger partial charge in [0.05, 0.1) is 34.9 Å². The molecule has 46 heavy (non-hydrogen) atoms. The molecule has 0 aliphatic rings. The van der Waals surface area contributed by atoms with Gasteiger partial charge in [0, 0.05) is 65.9 Å². The number of hydrogen-bond donors (Lipinski definition) is 7. The van der Waals surface area contributed by atoms with E-state index in [1.54, 1.807) is 77.3 Å². The van der Waals surface area contributed by atoms with E-state index < -0.39 is 11.8 Å². The van der Waals surface area contributed by atoms with Crippen molar-refractivity contribution in [3.8, 4) is 0 Å². The average Bonchev–Trinajstić information content (AvgIpc) is 3.69. The molecule has 246 valence electrons. The van der Waals surface area contributed by atoms with Gasteiger partial charge in [0.2, 0.25) is 0 Å². The van der Waals surface area contributed by atoms with Gasteiger partial charge in [0.25, 0.3) is 23.6 Å². The van der Waals surface area contributed by atoms with Gasteiger partial charge in [0.1, 0.15) is 22.8 Å². The van der Waals surface area contributed by atoms with Crippen LogP contribution < -0.4 is 32.7 Å². The number of carbonyl (C=O) groups is 4. The Morgan fingerprint density at radius 1 is 0.696 bits per heavy atom. The highest BCUT2D eigenvalue weighted by Gasteiger charge is 2.19. The van der Waals surface area contributed by atoms with E-state index in [0.29, 0.717) is 34.1 Å². The molecule has 0 spiro atoms. The van der Waals surface area contributed by atoms with E-state index in [1.165, 1.54) is 18.2 Å². The Morgan fingerprint density at radius 3 is 1.46 bits per heavy atom. The van der Waals surface area contributed by atoms with Crippen molar-refractivity contribution in [3.63, 3.8) is 0 Å². The standard InChI is InChI=1S/C28H34N12O4.2ClH/c1-37-11-16(33-15-29)7-21(37)26(42)35-18-9-23(39(3)13-18)28(44)36-19-10-22(40(4)14-19)27(43)34-17-8-20(38(2)12-17)25(41)32-6-5-24(30)31;;/h7-15H,5-6H2,1-4H3,(H2,29,33)(H3,30,31)(H,32,41)(H,34,43)(H,35,42)(H,36,44);2*1H. The van der Waals surface area contributed by atoms with Crippen LogP contribution in [0.2, 0.25) is 0 Å². The highest BCUT2D eigenvalue weighted by molar-refractivity contribution is 6.08. The lowest BCUT2D eigenvalue weighted by atomic mass is 10.3. The van der Waals surface area contributed by atoms with Crippen LogP contribution in [0.25, 0.3) is 0 Å². The lowest BCUT2D eigenvalue weighted by molar-refractivity contribution is 0.0944. The lowest BCUT2D eigenvalue weighted by Gasteiger charge is -2.04. The number of anilines is 3. The van der Waals surface area contributed by atoms with Crippen LogP contribution in [0.3, 0.4) is 0 Å². The molecule has 4 rings (SSSR count). The summed E-state index contributed by atoms with van der Waals surface area (Å²) in [5.41, 5.74) is 13.6. The Bertz CT molecular complexity index is 1800. The third-order valence-electron chi connectivity index (χ3n) is 6.61. The summed E-state index contributed by atoms with van der Waals surface area (Å²) in [6, 6.07) is 6.18. The van der Waals surface area contributed by atoms with Crippen molar-refractivity contribution >= 4 is 83.4 Å². The first kappa shape index (κ1) is 36.7. The molecule has 0 aromatic carbocycles. The van der Waals surface area contributed by atoms with Crippen molar-refractivity contribution in [2.75, 3.05) is 22.5 Å². The van der Waals surface area contributed by atoms with Crippen LogP contribution in [-0.4, -0.2) is 60.6 Å². The van der Waals surface area contributed by atoms with Crippen LogP contribution in [0.4, 0.5) is 22.7 Å². The molecule has 0 aliphatic carbocycles. The summed E-state index contributed by atoms with van der Waals surface area (Å²) in [4.78, 5) is 55.3. The Balaban J connectivity index is 0.00000368. The quantitative estimate of drug-likeness (QED) is 0.0932. The predicted molar refractivity (Wildman–Crippen MR) is 181 cm³/mol. The van der Waals surface area contributed by atoms with E-state index in [4.69, 9.17) is 16.9 Å². The van der Waals surface area contributed by atoms with Gasteiger partial charge in [-0.2, -0.15) is 0 Å². The van der Waals surface area contributed by atoms with E-state index in [1.807, 2.05) is 0 Å². The molecule has 0 fully saturated rings. The molecule has 0 saturated heterocycles. The highest BCUT2D eigenvalue weighted by Crippen LogP contribution is 2.21. The summed E-state index contributed by atoms with van der Waals surface area (Å²) in [6.45, 7) is 0.220. The number of aliphatic imine (C=N–C) groups is 1. The summed E-state index contributed by atoms with van der Waals surface area (Å²) in [5, 5.41) is 18.2. The predicted octanol–water partition coefficient (Wildman–Crippen LogP) is 2.32. The first-order valence-corrected chi connectivity index (χ1v) is 13.3. The molecule has 0 bridgehead atoms. The average molecular weight is 676 g/mol. The first-order chi connectivity index (χ1) is 20.9. The molecule has 16 nitrogen and oxygen atoms in total. The van der Waals surface area contributed by atoms with E-state index in [2.05, 4.69) is 26.3 Å². The van der Waals surface area contributed by atoms with Gasteiger partial charge in [-0.25, -0.2) is 4.99 Å². The molecule has 0 atom stereocenters. The van der Waals surface area contributed by atoms with Crippen molar-refractivity contribution < 1.29 is 19.2 Å². The normalized spacial score (nSPS) is 10.5. The molecule has 0 unspecified atom stereocenters. The molecule has 4 heterocycles. The Kier molecular flexibility index (Phi) is 12.4. The number of nitrogens with one attached hydrogen (secondary N) is 5. The molecule has 9 N–H and O–H groups in total. The highest BCUT2D eigenvalue weighted by atomic mass is 35.5. The topological polar surface area (TPSA) is 224 Å². The zero-order valence-corrected chi connectivity index (χ0v) is 27.1. The van der Waals surface area contributed by atoms with E-state index in [9.17, 15) is 19.2 Å². The third kappa shape index (κ3) is 8.58. The van der Waals surface area contributed by atoms with Gasteiger partial charge in [-0.1, -0.05) is 0 Å². The number of hydrogen-bond acceptors (Lipinski definition) is 6. The molecular weight excluding hydrogens is 639 g/mol. The van der Waals surface area contributed by atoms with E-state index >= 15 is 0 Å². The van der Waals surface area contributed by atoms with Crippen LogP contribution in [-0.2, 0) is 28.2 Å². The lowest BCUT2D eigenvalue weighted by Crippen LogP contribution is -2.28. The number of amides is 4.